The lowest BCUT2D eigenvalue weighted by molar-refractivity contribution is 0.179. The number of allylic oxidation sites excluding steroid dienone is 1. The van der Waals surface area contributed by atoms with Gasteiger partial charge in [-0.1, -0.05) is 55.1 Å². The monoisotopic (exact) mass is 496 g/mol. The number of nitrogens with zero attached hydrogens (tertiary/aromatic N) is 4. The zero-order valence-electron chi connectivity index (χ0n) is 20.2. The Morgan fingerprint density at radius 2 is 2.00 bits per heavy atom. The molecular weight excluding hydrogens is 458 g/mol. The highest BCUT2D eigenvalue weighted by molar-refractivity contribution is 7.99. The highest BCUT2D eigenvalue weighted by atomic mass is 32.2. The van der Waals surface area contributed by atoms with Crippen LogP contribution >= 0.6 is 21.0 Å². The Morgan fingerprint density at radius 3 is 2.64 bits per heavy atom. The fourth-order valence-electron chi connectivity index (χ4n) is 3.92. The first-order valence-corrected chi connectivity index (χ1v) is 13.3. The molecule has 0 radical (unpaired) electrons. The summed E-state index contributed by atoms with van der Waals surface area (Å²) in [6, 6.07) is 1.43. The van der Waals surface area contributed by atoms with Crippen LogP contribution in [0.2, 0.25) is 0 Å². The van der Waals surface area contributed by atoms with Gasteiger partial charge in [-0.25, -0.2) is 14.4 Å². The third-order valence-electron chi connectivity index (χ3n) is 5.91. The molecule has 184 valence electrons. The van der Waals surface area contributed by atoms with Crippen LogP contribution < -0.4 is 10.9 Å². The van der Waals surface area contributed by atoms with E-state index in [1.165, 1.54) is 6.07 Å². The largest absolute Gasteiger partial charge is 0.364 e. The molecule has 1 aromatic heterocycles. The molecule has 1 fully saturated rings. The van der Waals surface area contributed by atoms with Crippen LogP contribution in [0.15, 0.2) is 39.0 Å². The Balaban J connectivity index is 1.54. The normalized spacial score (nSPS) is 21.8. The number of hydrogen-bond donors (Lipinski definition) is 2. The molecular formula is C23H38FN6OPS. The number of aromatic nitrogens is 2. The van der Waals surface area contributed by atoms with Crippen LogP contribution in [0.4, 0.5) is 4.39 Å². The van der Waals surface area contributed by atoms with Crippen LogP contribution in [0, 0.1) is 5.41 Å². The topological polar surface area (TPSA) is 76.6 Å². The Bertz CT molecular complexity index is 905. The van der Waals surface area contributed by atoms with Crippen LogP contribution in [-0.2, 0) is 0 Å². The fourth-order valence-corrected chi connectivity index (χ4v) is 5.15. The molecule has 0 amide bonds. The van der Waals surface area contributed by atoms with Gasteiger partial charge in [-0.15, -0.1) is 0 Å². The zero-order chi connectivity index (χ0) is 24.1. The van der Waals surface area contributed by atoms with Crippen molar-refractivity contribution in [1.82, 2.24) is 25.1 Å². The summed E-state index contributed by atoms with van der Waals surface area (Å²) in [4.78, 5) is 28.0. The number of nitrogens with one attached hydrogen (secondary N) is 2. The Labute approximate surface area is 203 Å². The predicted octanol–water partition coefficient (Wildman–Crippen LogP) is 3.47. The molecule has 0 bridgehead atoms. The van der Waals surface area contributed by atoms with Gasteiger partial charge in [0.05, 0.1) is 5.70 Å². The van der Waals surface area contributed by atoms with Crippen molar-refractivity contribution in [2.24, 2.45) is 10.4 Å². The van der Waals surface area contributed by atoms with Crippen LogP contribution in [-0.4, -0.2) is 75.7 Å². The average molecular weight is 497 g/mol. The van der Waals surface area contributed by atoms with Crippen molar-refractivity contribution in [3.05, 3.63) is 34.4 Å². The number of hydrogen-bond acceptors (Lipinski definition) is 7. The van der Waals surface area contributed by atoms with Gasteiger partial charge >= 0.3 is 0 Å². The van der Waals surface area contributed by atoms with E-state index >= 15 is 4.39 Å². The molecule has 1 aromatic rings. The van der Waals surface area contributed by atoms with Gasteiger partial charge in [-0.2, -0.15) is 0 Å². The smallest absolute Gasteiger partial charge is 0.251 e. The first-order chi connectivity index (χ1) is 15.6. The molecule has 2 aliphatic rings. The number of thioether (sulfide) groups is 1. The number of rotatable bonds is 8. The minimum absolute atomic E-state index is 0.114. The Hall–Kier alpha value is -1.44. The van der Waals surface area contributed by atoms with E-state index in [1.54, 1.807) is 18.0 Å². The van der Waals surface area contributed by atoms with E-state index in [2.05, 4.69) is 55.1 Å². The molecule has 3 rings (SSSR count). The molecule has 0 aromatic carbocycles. The Kier molecular flexibility index (Phi) is 8.98. The SMILES string of the molecule is CCCC(F)(P)C1=CC(N2CCN(CCCSc3nccc(=O)[nH]3)CC2)=NC(C(C)(C)C)N1. The first-order valence-electron chi connectivity index (χ1n) is 11.8. The maximum Gasteiger partial charge on any atom is 0.251 e. The molecule has 2 aliphatic heterocycles. The van der Waals surface area contributed by atoms with E-state index in [9.17, 15) is 4.79 Å². The second-order valence-electron chi connectivity index (χ2n) is 9.84. The Morgan fingerprint density at radius 1 is 1.27 bits per heavy atom. The van der Waals surface area contributed by atoms with Crippen molar-refractivity contribution in [1.29, 1.82) is 0 Å². The molecule has 0 aliphatic carbocycles. The molecule has 0 saturated carbocycles. The van der Waals surface area contributed by atoms with Gasteiger partial charge in [0.2, 0.25) is 0 Å². The summed E-state index contributed by atoms with van der Waals surface area (Å²) in [7, 11) is 2.40. The number of amidine groups is 1. The summed E-state index contributed by atoms with van der Waals surface area (Å²) in [6.45, 7) is 13.1. The van der Waals surface area contributed by atoms with Crippen molar-refractivity contribution < 1.29 is 4.39 Å². The number of aliphatic imine (C=N–C) groups is 1. The highest BCUT2D eigenvalue weighted by Gasteiger charge is 2.36. The van der Waals surface area contributed by atoms with Crippen molar-refractivity contribution >= 4 is 26.8 Å². The number of halogens is 1. The highest BCUT2D eigenvalue weighted by Crippen LogP contribution is 2.36. The van der Waals surface area contributed by atoms with E-state index in [0.29, 0.717) is 17.3 Å². The molecule has 0 spiro atoms. The van der Waals surface area contributed by atoms with E-state index in [4.69, 9.17) is 4.99 Å². The van der Waals surface area contributed by atoms with E-state index < -0.39 is 5.41 Å². The fraction of sp³-hybridized carbons (Fsp3) is 0.696. The average Bonchev–Trinajstić information content (AvgIpc) is 2.76. The molecule has 10 heteroatoms. The van der Waals surface area contributed by atoms with Gasteiger partial charge in [0, 0.05) is 55.7 Å². The maximum atomic E-state index is 15.4. The van der Waals surface area contributed by atoms with Gasteiger partial charge in [-0.05, 0) is 19.4 Å². The van der Waals surface area contributed by atoms with Crippen LogP contribution in [0.25, 0.3) is 0 Å². The lowest BCUT2D eigenvalue weighted by Crippen LogP contribution is -2.52. The van der Waals surface area contributed by atoms with Gasteiger partial charge in [0.15, 0.2) is 10.6 Å². The van der Waals surface area contributed by atoms with Crippen LogP contribution in [0.1, 0.15) is 47.0 Å². The number of piperazine rings is 1. The van der Waals surface area contributed by atoms with Crippen molar-refractivity contribution in [2.75, 3.05) is 38.5 Å². The molecule has 3 heterocycles. The van der Waals surface area contributed by atoms with E-state index in [-0.39, 0.29) is 17.1 Å². The minimum Gasteiger partial charge on any atom is -0.364 e. The standard InChI is InChI=1S/C23H38FN6OPS/c1-5-8-23(24,32)17-16-18(27-20(26-17)22(2,3)4)30-13-11-29(12-14-30)10-6-15-33-21-25-9-7-19(31)28-21/h7,9,16,20,26H,5-6,8,10-15,32H2,1-4H3,(H,25,28,31). The molecule has 1 saturated heterocycles. The summed E-state index contributed by atoms with van der Waals surface area (Å²) in [5, 5.41) is 2.57. The number of H-pyrrole nitrogens is 1. The molecule has 33 heavy (non-hydrogen) atoms. The third kappa shape index (κ3) is 7.52. The molecule has 3 unspecified atom stereocenters. The van der Waals surface area contributed by atoms with Crippen molar-refractivity contribution in [3.63, 3.8) is 0 Å². The van der Waals surface area contributed by atoms with Crippen molar-refractivity contribution in [2.45, 2.75) is 63.7 Å². The van der Waals surface area contributed by atoms with Crippen molar-refractivity contribution in [3.8, 4) is 0 Å². The number of aromatic amines is 1. The molecule has 7 nitrogen and oxygen atoms in total. The van der Waals surface area contributed by atoms with Gasteiger partial charge < -0.3 is 15.2 Å². The summed E-state index contributed by atoms with van der Waals surface area (Å²) < 4.78 is 15.4. The zero-order valence-corrected chi connectivity index (χ0v) is 22.2. The number of alkyl halides is 1. The van der Waals surface area contributed by atoms with Gasteiger partial charge in [0.1, 0.15) is 12.0 Å². The van der Waals surface area contributed by atoms with E-state index in [0.717, 1.165) is 57.2 Å². The lowest BCUT2D eigenvalue weighted by Gasteiger charge is -2.41. The lowest BCUT2D eigenvalue weighted by atomic mass is 9.91. The molecule has 2 N–H and O–H groups in total. The summed E-state index contributed by atoms with van der Waals surface area (Å²) >= 11 is 1.58. The summed E-state index contributed by atoms with van der Waals surface area (Å²) in [6.07, 6.45) is 5.55. The minimum atomic E-state index is -1.46. The predicted molar refractivity (Wildman–Crippen MR) is 139 cm³/mol. The second kappa shape index (κ2) is 11.3. The summed E-state index contributed by atoms with van der Waals surface area (Å²) in [5.41, 5.74) is 0.387. The maximum absolute atomic E-state index is 15.4. The van der Waals surface area contributed by atoms with Gasteiger partial charge in [0.25, 0.3) is 5.56 Å². The first kappa shape index (κ1) is 26.2. The van der Waals surface area contributed by atoms with E-state index in [1.807, 2.05) is 13.0 Å². The second-order valence-corrected chi connectivity index (χ2v) is 11.8. The summed E-state index contributed by atoms with van der Waals surface area (Å²) in [5.74, 6) is 1.80. The molecule has 3 atom stereocenters. The van der Waals surface area contributed by atoms with Crippen LogP contribution in [0.3, 0.4) is 0 Å². The van der Waals surface area contributed by atoms with Crippen LogP contribution in [0.5, 0.6) is 0 Å². The quantitative estimate of drug-likeness (QED) is 0.248. The third-order valence-corrected chi connectivity index (χ3v) is 7.48. The van der Waals surface area contributed by atoms with Gasteiger partial charge in [-0.3, -0.25) is 9.69 Å².